The number of pyridine rings is 1. The first-order valence-electron chi connectivity index (χ1n) is 9.66. The van der Waals surface area contributed by atoms with Gasteiger partial charge in [-0.1, -0.05) is 11.6 Å². The molecule has 1 aliphatic rings. The van der Waals surface area contributed by atoms with Crippen molar-refractivity contribution in [2.75, 3.05) is 23.3 Å². The van der Waals surface area contributed by atoms with Crippen LogP contribution in [0, 0.1) is 6.92 Å². The quantitative estimate of drug-likeness (QED) is 0.585. The average Bonchev–Trinajstić information content (AvgIpc) is 3.05. The van der Waals surface area contributed by atoms with E-state index in [1.165, 1.54) is 6.42 Å². The van der Waals surface area contributed by atoms with Gasteiger partial charge >= 0.3 is 6.18 Å². The van der Waals surface area contributed by atoms with Crippen LogP contribution in [0.15, 0.2) is 36.5 Å². The summed E-state index contributed by atoms with van der Waals surface area (Å²) in [5.41, 5.74) is 1.09. The van der Waals surface area contributed by atoms with E-state index in [-0.39, 0.29) is 16.4 Å². The summed E-state index contributed by atoms with van der Waals surface area (Å²) >= 11 is 5.99. The molecule has 9 heteroatoms. The maximum Gasteiger partial charge on any atom is 0.417 e. The first kappa shape index (κ1) is 20.5. The Morgan fingerprint density at radius 3 is 2.43 bits per heavy atom. The third kappa shape index (κ3) is 3.96. The number of nitrogens with one attached hydrogen (secondary N) is 1. The molecule has 0 saturated carbocycles. The number of anilines is 2. The summed E-state index contributed by atoms with van der Waals surface area (Å²) in [7, 11) is 0. The van der Waals surface area contributed by atoms with E-state index in [2.05, 4.69) is 15.2 Å². The van der Waals surface area contributed by atoms with Crippen LogP contribution in [0.4, 0.5) is 24.5 Å². The van der Waals surface area contributed by atoms with Gasteiger partial charge in [0.1, 0.15) is 5.69 Å². The maximum atomic E-state index is 13.2. The first-order chi connectivity index (χ1) is 14.2. The molecule has 158 valence electrons. The Bertz CT molecular complexity index is 1090. The lowest BCUT2D eigenvalue weighted by molar-refractivity contribution is -0.137. The van der Waals surface area contributed by atoms with Crippen LogP contribution in [0.3, 0.4) is 0 Å². The number of alkyl halides is 3. The van der Waals surface area contributed by atoms with Crippen LogP contribution >= 0.6 is 11.6 Å². The fourth-order valence-corrected chi connectivity index (χ4v) is 4.00. The van der Waals surface area contributed by atoms with Crippen molar-refractivity contribution >= 4 is 34.5 Å². The van der Waals surface area contributed by atoms with Gasteiger partial charge in [-0.3, -0.25) is 9.20 Å². The number of amides is 1. The van der Waals surface area contributed by atoms with Gasteiger partial charge in [-0.2, -0.15) is 13.2 Å². The highest BCUT2D eigenvalue weighted by Crippen LogP contribution is 2.33. The van der Waals surface area contributed by atoms with Crippen molar-refractivity contribution in [2.24, 2.45) is 0 Å². The van der Waals surface area contributed by atoms with Gasteiger partial charge in [0, 0.05) is 30.7 Å². The zero-order valence-electron chi connectivity index (χ0n) is 16.3. The number of fused-ring (bicyclic) bond motifs is 1. The SMILES string of the molecule is Cc1nc2c(Cl)cc(C(F)(F)F)cn2c1C(=O)Nc1ccc(N2CCCCC2)cc1. The molecule has 1 amide bonds. The molecule has 1 N–H and O–H groups in total. The number of nitrogens with zero attached hydrogens (tertiary/aromatic N) is 3. The molecule has 0 unspecified atom stereocenters. The third-order valence-electron chi connectivity index (χ3n) is 5.24. The van der Waals surface area contributed by atoms with Gasteiger partial charge in [0.05, 0.1) is 16.3 Å². The molecule has 4 rings (SSSR count). The molecule has 1 aromatic carbocycles. The van der Waals surface area contributed by atoms with Gasteiger partial charge in [0.25, 0.3) is 5.91 Å². The van der Waals surface area contributed by atoms with Crippen LogP contribution in [0.2, 0.25) is 5.02 Å². The summed E-state index contributed by atoms with van der Waals surface area (Å²) < 4.78 is 40.6. The molecule has 3 heterocycles. The molecule has 3 aromatic rings. The van der Waals surface area contributed by atoms with Gasteiger partial charge in [0.15, 0.2) is 5.65 Å². The number of carbonyl (C=O) groups is 1. The molecule has 1 aliphatic heterocycles. The minimum Gasteiger partial charge on any atom is -0.372 e. The number of hydrogen-bond acceptors (Lipinski definition) is 3. The number of hydrogen-bond donors (Lipinski definition) is 1. The summed E-state index contributed by atoms with van der Waals surface area (Å²) in [6.07, 6.45) is -0.184. The smallest absolute Gasteiger partial charge is 0.372 e. The second-order valence-corrected chi connectivity index (χ2v) is 7.77. The highest BCUT2D eigenvalue weighted by atomic mass is 35.5. The van der Waals surface area contributed by atoms with Crippen LogP contribution in [0.1, 0.15) is 41.0 Å². The van der Waals surface area contributed by atoms with E-state index in [1.807, 2.05) is 12.1 Å². The van der Waals surface area contributed by atoms with E-state index >= 15 is 0 Å². The monoisotopic (exact) mass is 436 g/mol. The van der Waals surface area contributed by atoms with Crippen molar-refractivity contribution in [1.29, 1.82) is 0 Å². The maximum absolute atomic E-state index is 13.2. The lowest BCUT2D eigenvalue weighted by Gasteiger charge is -2.28. The predicted molar refractivity (Wildman–Crippen MR) is 110 cm³/mol. The number of halogens is 4. The Balaban J connectivity index is 1.61. The fraction of sp³-hybridized carbons (Fsp3) is 0.333. The van der Waals surface area contributed by atoms with Gasteiger partial charge in [-0.25, -0.2) is 4.98 Å². The molecule has 1 saturated heterocycles. The lowest BCUT2D eigenvalue weighted by Crippen LogP contribution is -2.29. The Hall–Kier alpha value is -2.74. The van der Waals surface area contributed by atoms with E-state index in [0.717, 1.165) is 48.3 Å². The number of imidazole rings is 1. The molecule has 1 fully saturated rings. The Morgan fingerprint density at radius 2 is 1.80 bits per heavy atom. The summed E-state index contributed by atoms with van der Waals surface area (Å²) in [6.45, 7) is 3.58. The molecule has 2 aromatic heterocycles. The van der Waals surface area contributed by atoms with Crippen molar-refractivity contribution in [2.45, 2.75) is 32.4 Å². The topological polar surface area (TPSA) is 49.6 Å². The Morgan fingerprint density at radius 1 is 1.13 bits per heavy atom. The van der Waals surface area contributed by atoms with E-state index in [1.54, 1.807) is 19.1 Å². The minimum absolute atomic E-state index is 0.0121. The average molecular weight is 437 g/mol. The number of aryl methyl sites for hydroxylation is 1. The summed E-state index contributed by atoms with van der Waals surface area (Å²) in [5, 5.41) is 2.57. The van der Waals surface area contributed by atoms with Crippen molar-refractivity contribution in [3.8, 4) is 0 Å². The summed E-state index contributed by atoms with van der Waals surface area (Å²) in [4.78, 5) is 19.3. The van der Waals surface area contributed by atoms with Gasteiger partial charge in [-0.15, -0.1) is 0 Å². The van der Waals surface area contributed by atoms with E-state index in [0.29, 0.717) is 11.4 Å². The molecule has 5 nitrogen and oxygen atoms in total. The molecular weight excluding hydrogens is 417 g/mol. The number of carbonyl (C=O) groups excluding carboxylic acids is 1. The van der Waals surface area contributed by atoms with Crippen molar-refractivity contribution in [3.05, 3.63) is 58.5 Å². The molecule has 0 radical (unpaired) electrons. The third-order valence-corrected chi connectivity index (χ3v) is 5.52. The van der Waals surface area contributed by atoms with Gasteiger partial charge < -0.3 is 10.2 Å². The lowest BCUT2D eigenvalue weighted by atomic mass is 10.1. The highest BCUT2D eigenvalue weighted by molar-refractivity contribution is 6.33. The van der Waals surface area contributed by atoms with Crippen LogP contribution in [0.5, 0.6) is 0 Å². The predicted octanol–water partition coefficient (Wildman–Crippen LogP) is 5.56. The van der Waals surface area contributed by atoms with Crippen LogP contribution in [-0.2, 0) is 6.18 Å². The second kappa shape index (κ2) is 7.83. The van der Waals surface area contributed by atoms with E-state index in [4.69, 9.17) is 11.6 Å². The Kier molecular flexibility index (Phi) is 5.36. The molecule has 0 spiro atoms. The van der Waals surface area contributed by atoms with Crippen molar-refractivity contribution in [1.82, 2.24) is 9.38 Å². The summed E-state index contributed by atoms with van der Waals surface area (Å²) in [6, 6.07) is 8.25. The number of aromatic nitrogens is 2. The molecule has 0 atom stereocenters. The highest BCUT2D eigenvalue weighted by Gasteiger charge is 2.33. The number of rotatable bonds is 3. The van der Waals surface area contributed by atoms with Crippen molar-refractivity contribution in [3.63, 3.8) is 0 Å². The van der Waals surface area contributed by atoms with Gasteiger partial charge in [-0.05, 0) is 56.5 Å². The standard InChI is InChI=1S/C21H20ClF3N4O/c1-13-18(29-12-14(21(23,24)25)11-17(22)19(29)26-13)20(30)27-15-5-7-16(8-6-15)28-9-3-2-4-10-28/h5-8,11-12H,2-4,9-10H2,1H3,(H,27,30). The second-order valence-electron chi connectivity index (χ2n) is 7.36. The zero-order chi connectivity index (χ0) is 21.5. The molecule has 0 aliphatic carbocycles. The summed E-state index contributed by atoms with van der Waals surface area (Å²) in [5.74, 6) is -0.555. The van der Waals surface area contributed by atoms with Crippen LogP contribution in [0.25, 0.3) is 5.65 Å². The largest absolute Gasteiger partial charge is 0.417 e. The normalized spacial score (nSPS) is 14.9. The number of piperidine rings is 1. The Labute approximate surface area is 176 Å². The van der Waals surface area contributed by atoms with Crippen LogP contribution < -0.4 is 10.2 Å². The fourth-order valence-electron chi connectivity index (χ4n) is 3.74. The van der Waals surface area contributed by atoms with Crippen molar-refractivity contribution < 1.29 is 18.0 Å². The zero-order valence-corrected chi connectivity index (χ0v) is 17.0. The van der Waals surface area contributed by atoms with Gasteiger partial charge in [0.2, 0.25) is 0 Å². The van der Waals surface area contributed by atoms with E-state index < -0.39 is 17.6 Å². The minimum atomic E-state index is -4.59. The molecule has 30 heavy (non-hydrogen) atoms. The number of benzene rings is 1. The first-order valence-corrected chi connectivity index (χ1v) is 10.0. The van der Waals surface area contributed by atoms with E-state index in [9.17, 15) is 18.0 Å². The van der Waals surface area contributed by atoms with Crippen LogP contribution in [-0.4, -0.2) is 28.4 Å². The molecular formula is C21H20ClF3N4O. The molecule has 0 bridgehead atoms.